The highest BCUT2D eigenvalue weighted by Gasteiger charge is 2.17. The third-order valence-corrected chi connectivity index (χ3v) is 3.72. The zero-order chi connectivity index (χ0) is 21.6. The summed E-state index contributed by atoms with van der Waals surface area (Å²) >= 11 is 0. The number of esters is 2. The quantitative estimate of drug-likeness (QED) is 0.391. The summed E-state index contributed by atoms with van der Waals surface area (Å²) in [6.45, 7) is 1.09. The number of aliphatic hydroxyl groups is 2. The number of nitrogens with one attached hydrogen (secondary N) is 1. The second-order valence-corrected chi connectivity index (χ2v) is 5.94. The van der Waals surface area contributed by atoms with Crippen LogP contribution >= 0.6 is 0 Å². The number of hydrogen-bond donors (Lipinski definition) is 3. The Balaban J connectivity index is 2.99. The number of benzene rings is 1. The normalized spacial score (nSPS) is 10.2. The molecule has 1 rings (SSSR count). The van der Waals surface area contributed by atoms with Gasteiger partial charge in [-0.1, -0.05) is 0 Å². The first kappa shape index (κ1) is 24.2. The molecule has 0 saturated heterocycles. The second kappa shape index (κ2) is 13.3. The Morgan fingerprint density at radius 1 is 1.00 bits per heavy atom. The van der Waals surface area contributed by atoms with Crippen LogP contribution in [0.4, 0.5) is 11.4 Å². The number of nitrogens with zero attached hydrogens (tertiary/aromatic N) is 1. The SMILES string of the molecule is COc1ccc(NC(C)=O)cc1N(CCC(=O)OCCO)CCC(=O)OCCO. The maximum Gasteiger partial charge on any atom is 0.307 e. The smallest absolute Gasteiger partial charge is 0.307 e. The van der Waals surface area contributed by atoms with Gasteiger partial charge < -0.3 is 34.6 Å². The van der Waals surface area contributed by atoms with Crippen molar-refractivity contribution in [3.8, 4) is 5.75 Å². The van der Waals surface area contributed by atoms with Gasteiger partial charge in [-0.05, 0) is 18.2 Å². The van der Waals surface area contributed by atoms with E-state index in [1.165, 1.54) is 14.0 Å². The molecule has 10 nitrogen and oxygen atoms in total. The minimum absolute atomic E-state index is 0.0131. The lowest BCUT2D eigenvalue weighted by Gasteiger charge is -2.26. The van der Waals surface area contributed by atoms with Crippen LogP contribution in [0.15, 0.2) is 18.2 Å². The summed E-state index contributed by atoms with van der Waals surface area (Å²) in [6, 6.07) is 5.02. The fourth-order valence-electron chi connectivity index (χ4n) is 2.49. The van der Waals surface area contributed by atoms with E-state index in [1.54, 1.807) is 23.1 Å². The largest absolute Gasteiger partial charge is 0.495 e. The summed E-state index contributed by atoms with van der Waals surface area (Å²) in [6.07, 6.45) is 0.0262. The Kier molecular flexibility index (Phi) is 11.1. The summed E-state index contributed by atoms with van der Waals surface area (Å²) < 4.78 is 15.1. The van der Waals surface area contributed by atoms with Crippen LogP contribution in [0.25, 0.3) is 0 Å². The van der Waals surface area contributed by atoms with Gasteiger partial charge in [-0.25, -0.2) is 0 Å². The lowest BCUT2D eigenvalue weighted by molar-refractivity contribution is -0.144. The van der Waals surface area contributed by atoms with Crippen molar-refractivity contribution in [3.63, 3.8) is 0 Å². The average molecular weight is 412 g/mol. The molecule has 0 bridgehead atoms. The number of amides is 1. The Morgan fingerprint density at radius 2 is 1.55 bits per heavy atom. The minimum Gasteiger partial charge on any atom is -0.495 e. The molecule has 0 aliphatic rings. The molecule has 0 aliphatic carbocycles. The molecule has 0 aliphatic heterocycles. The van der Waals surface area contributed by atoms with Gasteiger partial charge in [-0.2, -0.15) is 0 Å². The highest BCUT2D eigenvalue weighted by atomic mass is 16.5. The van der Waals surface area contributed by atoms with Gasteiger partial charge in [0.1, 0.15) is 19.0 Å². The van der Waals surface area contributed by atoms with Crippen molar-refractivity contribution in [3.05, 3.63) is 18.2 Å². The standard InChI is InChI=1S/C19H28N2O8/c1-14(24)20-15-3-4-17(27-2)16(13-15)21(7-5-18(25)28-11-9-22)8-6-19(26)29-12-10-23/h3-4,13,22-23H,5-12H2,1-2H3,(H,20,24). The van der Waals surface area contributed by atoms with Crippen molar-refractivity contribution < 1.29 is 38.8 Å². The molecule has 10 heteroatoms. The van der Waals surface area contributed by atoms with Crippen LogP contribution in [0.5, 0.6) is 5.75 Å². The van der Waals surface area contributed by atoms with Gasteiger partial charge in [-0.15, -0.1) is 0 Å². The molecule has 1 aromatic rings. The van der Waals surface area contributed by atoms with Gasteiger partial charge in [0, 0.05) is 25.7 Å². The topological polar surface area (TPSA) is 135 Å². The van der Waals surface area contributed by atoms with E-state index in [4.69, 9.17) is 24.4 Å². The molecule has 29 heavy (non-hydrogen) atoms. The highest BCUT2D eigenvalue weighted by Crippen LogP contribution is 2.32. The van der Waals surface area contributed by atoms with Crippen LogP contribution in [-0.2, 0) is 23.9 Å². The first-order chi connectivity index (χ1) is 13.9. The monoisotopic (exact) mass is 412 g/mol. The molecule has 0 radical (unpaired) electrons. The maximum atomic E-state index is 11.8. The molecule has 0 fully saturated rings. The molecule has 0 atom stereocenters. The Labute approximate surface area is 169 Å². The molecule has 1 amide bonds. The number of hydrogen-bond acceptors (Lipinski definition) is 9. The van der Waals surface area contributed by atoms with Crippen LogP contribution in [0.2, 0.25) is 0 Å². The number of carbonyl (C=O) groups is 3. The highest BCUT2D eigenvalue weighted by molar-refractivity contribution is 5.89. The van der Waals surface area contributed by atoms with Crippen LogP contribution in [0, 0.1) is 0 Å². The van der Waals surface area contributed by atoms with E-state index in [2.05, 4.69) is 5.32 Å². The Morgan fingerprint density at radius 3 is 2.00 bits per heavy atom. The lowest BCUT2D eigenvalue weighted by atomic mass is 10.2. The zero-order valence-electron chi connectivity index (χ0n) is 16.7. The third kappa shape index (κ3) is 9.26. The lowest BCUT2D eigenvalue weighted by Crippen LogP contribution is -2.30. The molecule has 3 N–H and O–H groups in total. The third-order valence-electron chi connectivity index (χ3n) is 3.72. The van der Waals surface area contributed by atoms with Crippen molar-refractivity contribution in [2.24, 2.45) is 0 Å². The summed E-state index contributed by atoms with van der Waals surface area (Å²) in [5.74, 6) is -0.743. The molecule has 0 saturated carbocycles. The van der Waals surface area contributed by atoms with Crippen LogP contribution in [-0.4, -0.2) is 74.7 Å². The maximum absolute atomic E-state index is 11.8. The van der Waals surface area contributed by atoms with Gasteiger partial charge in [-0.3, -0.25) is 14.4 Å². The van der Waals surface area contributed by atoms with Crippen molar-refractivity contribution in [2.75, 3.05) is 56.8 Å². The fraction of sp³-hybridized carbons (Fsp3) is 0.526. The van der Waals surface area contributed by atoms with Crippen molar-refractivity contribution >= 4 is 29.2 Å². The first-order valence-corrected chi connectivity index (χ1v) is 9.14. The zero-order valence-corrected chi connectivity index (χ0v) is 16.7. The van der Waals surface area contributed by atoms with Gasteiger partial charge in [0.25, 0.3) is 0 Å². The molecular weight excluding hydrogens is 384 g/mol. The summed E-state index contributed by atoms with van der Waals surface area (Å²) in [4.78, 5) is 36.7. The van der Waals surface area contributed by atoms with E-state index in [0.29, 0.717) is 17.1 Å². The minimum atomic E-state index is -0.496. The Bertz CT molecular complexity index is 656. The van der Waals surface area contributed by atoms with Crippen LogP contribution < -0.4 is 15.0 Å². The average Bonchev–Trinajstić information content (AvgIpc) is 2.70. The fourth-order valence-corrected chi connectivity index (χ4v) is 2.49. The van der Waals surface area contributed by atoms with Gasteiger partial charge in [0.15, 0.2) is 0 Å². The summed E-state index contributed by atoms with van der Waals surface area (Å²) in [5, 5.41) is 20.2. The van der Waals surface area contributed by atoms with Gasteiger partial charge >= 0.3 is 11.9 Å². The molecule has 0 aromatic heterocycles. The van der Waals surface area contributed by atoms with Gasteiger partial charge in [0.2, 0.25) is 5.91 Å². The molecule has 162 valence electrons. The van der Waals surface area contributed by atoms with E-state index in [-0.39, 0.29) is 58.3 Å². The number of aliphatic hydroxyl groups excluding tert-OH is 2. The Hall–Kier alpha value is -2.85. The van der Waals surface area contributed by atoms with E-state index in [1.807, 2.05) is 0 Å². The molecule has 0 heterocycles. The van der Waals surface area contributed by atoms with Crippen LogP contribution in [0.1, 0.15) is 19.8 Å². The number of methoxy groups -OCH3 is 1. The van der Waals surface area contributed by atoms with Crippen LogP contribution in [0.3, 0.4) is 0 Å². The van der Waals surface area contributed by atoms with E-state index in [9.17, 15) is 14.4 Å². The predicted octanol–water partition coefficient (Wildman–Crippen LogP) is 0.311. The van der Waals surface area contributed by atoms with Crippen molar-refractivity contribution in [1.82, 2.24) is 0 Å². The molecular formula is C19H28N2O8. The molecule has 0 spiro atoms. The predicted molar refractivity (Wildman–Crippen MR) is 105 cm³/mol. The number of rotatable bonds is 13. The second-order valence-electron chi connectivity index (χ2n) is 5.94. The first-order valence-electron chi connectivity index (χ1n) is 9.14. The number of ether oxygens (including phenoxy) is 3. The van der Waals surface area contributed by atoms with Crippen molar-refractivity contribution in [2.45, 2.75) is 19.8 Å². The van der Waals surface area contributed by atoms with E-state index >= 15 is 0 Å². The van der Waals surface area contributed by atoms with E-state index in [0.717, 1.165) is 0 Å². The molecule has 1 aromatic carbocycles. The molecule has 0 unspecified atom stereocenters. The van der Waals surface area contributed by atoms with Gasteiger partial charge in [0.05, 0.1) is 38.9 Å². The summed E-state index contributed by atoms with van der Waals surface area (Å²) in [5.41, 5.74) is 1.10. The number of anilines is 2. The van der Waals surface area contributed by atoms with E-state index < -0.39 is 11.9 Å². The summed E-state index contributed by atoms with van der Waals surface area (Å²) in [7, 11) is 1.49. The van der Waals surface area contributed by atoms with Crippen molar-refractivity contribution in [1.29, 1.82) is 0 Å². The number of carbonyl (C=O) groups excluding carboxylic acids is 3.